The molecule has 2 N–H and O–H groups in total. The van der Waals surface area contributed by atoms with Gasteiger partial charge in [-0.3, -0.25) is 9.71 Å². The van der Waals surface area contributed by atoms with Gasteiger partial charge in [-0.05, 0) is 71.3 Å². The lowest BCUT2D eigenvalue weighted by atomic mass is 9.97. The van der Waals surface area contributed by atoms with Crippen molar-refractivity contribution in [2.24, 2.45) is 0 Å². The molecular weight excluding hydrogens is 1080 g/mol. The summed E-state index contributed by atoms with van der Waals surface area (Å²) in [6.45, 7) is 11.6. The van der Waals surface area contributed by atoms with E-state index in [4.69, 9.17) is 61.6 Å². The number of rotatable bonds is 45. The van der Waals surface area contributed by atoms with Gasteiger partial charge in [-0.25, -0.2) is 8.42 Å². The van der Waals surface area contributed by atoms with Crippen molar-refractivity contribution in [1.82, 2.24) is 20.5 Å². The van der Waals surface area contributed by atoms with Crippen LogP contribution in [0.15, 0.2) is 89.4 Å². The summed E-state index contributed by atoms with van der Waals surface area (Å²) in [5.41, 5.74) is 3.01. The smallest absolute Gasteiger partial charge is 0.416 e. The van der Waals surface area contributed by atoms with Crippen LogP contribution in [0, 0.1) is 11.3 Å². The van der Waals surface area contributed by atoms with Crippen molar-refractivity contribution in [3.8, 4) is 39.8 Å². The van der Waals surface area contributed by atoms with Crippen molar-refractivity contribution in [2.75, 3.05) is 170 Å². The van der Waals surface area contributed by atoms with Gasteiger partial charge in [0.25, 0.3) is 10.0 Å². The minimum absolute atomic E-state index is 0.0469. The molecule has 0 saturated carbocycles. The average Bonchev–Trinajstić information content (AvgIpc) is 3.97. The van der Waals surface area contributed by atoms with E-state index in [-0.39, 0.29) is 27.1 Å². The SMILES string of the molecule is COCCOCCOCCOCCOCCOCCOCCOCCOCCOCCOCCOCCNCc1cc(-c2cc(-c3cccc(C(F)(F)F)c3)ccc2Oc2ccc(S(=O)(=O)Nc3nncs3)cc2C#N)ccn1. The quantitative estimate of drug-likeness (QED) is 0.0387. The normalized spacial score (nSPS) is 11.8. The molecule has 2 aromatic heterocycles. The van der Waals surface area contributed by atoms with Crippen LogP contribution in [0.25, 0.3) is 22.3 Å². The first-order valence-corrected chi connectivity index (χ1v) is 27.8. The number of hydrogen-bond donors (Lipinski definition) is 2. The molecule has 0 unspecified atom stereocenters. The van der Waals surface area contributed by atoms with Crippen LogP contribution in [-0.4, -0.2) is 189 Å². The maximum atomic E-state index is 13.7. The second-order valence-corrected chi connectivity index (χ2v) is 19.0. The van der Waals surface area contributed by atoms with Gasteiger partial charge in [0.1, 0.15) is 23.1 Å². The Balaban J connectivity index is 0.892. The third-order valence-electron chi connectivity index (χ3n) is 10.7. The van der Waals surface area contributed by atoms with Crippen molar-refractivity contribution in [1.29, 1.82) is 5.26 Å². The zero-order valence-electron chi connectivity index (χ0n) is 44.1. The summed E-state index contributed by atoms with van der Waals surface area (Å²) in [6, 6.07) is 19.2. The highest BCUT2D eigenvalue weighted by Crippen LogP contribution is 2.40. The summed E-state index contributed by atoms with van der Waals surface area (Å²) in [7, 11) is -2.48. The Hall–Kier alpha value is -5.32. The van der Waals surface area contributed by atoms with Crippen molar-refractivity contribution < 1.29 is 83.2 Å². The summed E-state index contributed by atoms with van der Waals surface area (Å²) in [6.07, 6.45) is -2.95. The van der Waals surface area contributed by atoms with Gasteiger partial charge in [0, 0.05) is 32.0 Å². The molecule has 0 atom stereocenters. The molecule has 5 aromatic rings. The zero-order chi connectivity index (χ0) is 56.1. The van der Waals surface area contributed by atoms with E-state index in [2.05, 4.69) is 25.2 Å². The van der Waals surface area contributed by atoms with E-state index < -0.39 is 21.8 Å². The molecule has 0 aliphatic heterocycles. The summed E-state index contributed by atoms with van der Waals surface area (Å²) >= 11 is 0.987. The maximum Gasteiger partial charge on any atom is 0.416 e. The second-order valence-electron chi connectivity index (χ2n) is 16.5. The Labute approximate surface area is 462 Å². The first-order valence-electron chi connectivity index (χ1n) is 25.4. The molecule has 0 radical (unpaired) electrons. The molecule has 0 aliphatic rings. The zero-order valence-corrected chi connectivity index (χ0v) is 45.8. The van der Waals surface area contributed by atoms with Gasteiger partial charge in [-0.15, -0.1) is 10.2 Å². The van der Waals surface area contributed by atoms with Crippen molar-refractivity contribution in [2.45, 2.75) is 17.6 Å². The van der Waals surface area contributed by atoms with Crippen LogP contribution in [0.4, 0.5) is 18.3 Å². The van der Waals surface area contributed by atoms with E-state index in [1.165, 1.54) is 29.8 Å². The Morgan fingerprint density at radius 3 is 1.58 bits per heavy atom. The second kappa shape index (κ2) is 38.3. The van der Waals surface area contributed by atoms with E-state index >= 15 is 0 Å². The van der Waals surface area contributed by atoms with E-state index in [0.29, 0.717) is 193 Å². The molecule has 3 aromatic carbocycles. The summed E-state index contributed by atoms with van der Waals surface area (Å²) in [5, 5.41) is 20.7. The van der Waals surface area contributed by atoms with E-state index in [1.807, 2.05) is 12.1 Å². The summed E-state index contributed by atoms with van der Waals surface area (Å²) in [5.74, 6) is 0.296. The lowest BCUT2D eigenvalue weighted by Crippen LogP contribution is -2.21. The lowest BCUT2D eigenvalue weighted by Gasteiger charge is -2.16. The lowest BCUT2D eigenvalue weighted by molar-refractivity contribution is -0.137. The average molecular weight is 1150 g/mol. The molecule has 0 bridgehead atoms. The Morgan fingerprint density at radius 2 is 1.09 bits per heavy atom. The molecule has 0 amide bonds. The molecule has 0 spiro atoms. The molecule has 0 aliphatic carbocycles. The fraction of sp³-hybridized carbons (Fsp3) is 0.509. The van der Waals surface area contributed by atoms with E-state index in [1.54, 1.807) is 43.6 Å². The molecule has 0 fully saturated rings. The number of anilines is 1. The van der Waals surface area contributed by atoms with Gasteiger partial charge in [0.05, 0.1) is 174 Å². The molecule has 0 saturated heterocycles. The van der Waals surface area contributed by atoms with Crippen LogP contribution in [0.5, 0.6) is 11.5 Å². The van der Waals surface area contributed by atoms with Crippen LogP contribution < -0.4 is 14.8 Å². The first-order chi connectivity index (χ1) is 38.6. The third kappa shape index (κ3) is 26.2. The van der Waals surface area contributed by atoms with Crippen LogP contribution in [0.1, 0.15) is 16.8 Å². The number of halogens is 3. The Bertz CT molecular complexity index is 2600. The van der Waals surface area contributed by atoms with Crippen molar-refractivity contribution in [3.05, 3.63) is 101 Å². The number of methoxy groups -OCH3 is 1. The minimum atomic E-state index is -4.55. The number of nitrogens with zero attached hydrogens (tertiary/aromatic N) is 4. The fourth-order valence-electron chi connectivity index (χ4n) is 6.81. The van der Waals surface area contributed by atoms with E-state index in [0.717, 1.165) is 23.5 Å². The van der Waals surface area contributed by atoms with Gasteiger partial charge in [-0.1, -0.05) is 29.5 Å². The number of alkyl halides is 3. The van der Waals surface area contributed by atoms with Crippen LogP contribution in [-0.2, 0) is 79.6 Å². The minimum Gasteiger partial charge on any atom is -0.455 e. The third-order valence-corrected chi connectivity index (χ3v) is 12.8. The maximum absolute atomic E-state index is 13.7. The number of pyridine rings is 1. The predicted molar refractivity (Wildman–Crippen MR) is 285 cm³/mol. The number of sulfonamides is 1. The molecule has 26 heteroatoms. The number of nitriles is 1. The standard InChI is InChI=1S/C53H69F3N6O15S2/c1-65-13-14-67-17-18-69-21-22-71-25-26-73-29-30-75-33-34-76-32-31-74-28-27-72-24-23-70-20-19-68-16-15-66-12-11-58-40-47-36-44(9-10-59-47)49-38-43(42-3-2-4-46(35-42)53(54,55)56)5-7-51(49)77-50-8-6-48(37-45(50)39-57)79(63,64)62-52-61-60-41-78-52/h2-10,35-38,41,58H,11-34,40H2,1H3,(H,61,62). The Kier molecular flexibility index (Phi) is 31.3. The summed E-state index contributed by atoms with van der Waals surface area (Å²) in [4.78, 5) is 4.28. The van der Waals surface area contributed by atoms with E-state index in [9.17, 15) is 26.9 Å². The molecule has 434 valence electrons. The van der Waals surface area contributed by atoms with Gasteiger partial charge in [0.2, 0.25) is 5.13 Å². The highest BCUT2D eigenvalue weighted by molar-refractivity contribution is 7.93. The number of hydrogen-bond acceptors (Lipinski definition) is 21. The Morgan fingerprint density at radius 1 is 0.582 bits per heavy atom. The first kappa shape index (κ1) is 64.5. The number of nitrogens with one attached hydrogen (secondary N) is 2. The van der Waals surface area contributed by atoms with Crippen LogP contribution in [0.2, 0.25) is 0 Å². The van der Waals surface area contributed by atoms with Gasteiger partial charge >= 0.3 is 6.18 Å². The highest BCUT2D eigenvalue weighted by atomic mass is 32.2. The molecule has 21 nitrogen and oxygen atoms in total. The van der Waals surface area contributed by atoms with Gasteiger partial charge in [-0.2, -0.15) is 18.4 Å². The predicted octanol–water partition coefficient (Wildman–Crippen LogP) is 6.67. The van der Waals surface area contributed by atoms with Crippen molar-refractivity contribution in [3.63, 3.8) is 0 Å². The number of aromatic nitrogens is 3. The number of ether oxygens (including phenoxy) is 13. The number of benzene rings is 3. The van der Waals surface area contributed by atoms with Crippen molar-refractivity contribution >= 4 is 26.5 Å². The van der Waals surface area contributed by atoms with Crippen LogP contribution >= 0.6 is 11.3 Å². The molecule has 2 heterocycles. The van der Waals surface area contributed by atoms with Gasteiger partial charge in [0.15, 0.2) is 0 Å². The molecular formula is C53H69F3N6O15S2. The fourth-order valence-corrected chi connectivity index (χ4v) is 8.53. The topological polar surface area (TPSA) is 241 Å². The highest BCUT2D eigenvalue weighted by Gasteiger charge is 2.30. The van der Waals surface area contributed by atoms with Crippen LogP contribution in [0.3, 0.4) is 0 Å². The monoisotopic (exact) mass is 1150 g/mol. The van der Waals surface area contributed by atoms with Gasteiger partial charge < -0.3 is 66.9 Å². The molecule has 79 heavy (non-hydrogen) atoms. The summed E-state index contributed by atoms with van der Waals surface area (Å²) < 4.78 is 141. The molecule has 5 rings (SSSR count). The largest absolute Gasteiger partial charge is 0.455 e.